The van der Waals surface area contributed by atoms with Crippen LogP contribution in [0.15, 0.2) is 22.9 Å². The van der Waals surface area contributed by atoms with Gasteiger partial charge >= 0.3 is 0 Å². The maximum absolute atomic E-state index is 4.98. The van der Waals surface area contributed by atoms with Crippen LogP contribution in [-0.4, -0.2) is 38.7 Å². The highest BCUT2D eigenvalue weighted by molar-refractivity contribution is 5.86. The lowest BCUT2D eigenvalue weighted by Gasteiger charge is -2.19. The monoisotopic (exact) mass is 284 g/mol. The van der Waals surface area contributed by atoms with Crippen LogP contribution in [0.5, 0.6) is 0 Å². The Balaban J connectivity index is 1.85. The maximum Gasteiger partial charge on any atom is 0.223 e. The zero-order valence-electron chi connectivity index (χ0n) is 12.2. The van der Waals surface area contributed by atoms with Gasteiger partial charge in [-0.15, -0.1) is 0 Å². The lowest BCUT2D eigenvalue weighted by atomic mass is 10.3. The van der Waals surface area contributed by atoms with Gasteiger partial charge in [0, 0.05) is 33.1 Å². The van der Waals surface area contributed by atoms with Crippen LogP contribution >= 0.6 is 0 Å². The molecule has 7 heteroatoms. The van der Waals surface area contributed by atoms with E-state index in [0.717, 1.165) is 17.7 Å². The van der Waals surface area contributed by atoms with Gasteiger partial charge in [0.15, 0.2) is 11.5 Å². The van der Waals surface area contributed by atoms with E-state index in [2.05, 4.69) is 30.0 Å². The van der Waals surface area contributed by atoms with Crippen molar-refractivity contribution in [3.63, 3.8) is 0 Å². The topological polar surface area (TPSA) is 80.8 Å². The first-order valence-electron chi connectivity index (χ1n) is 6.73. The summed E-state index contributed by atoms with van der Waals surface area (Å²) in [6, 6.07) is 3.87. The molecule has 0 atom stereocenters. The van der Waals surface area contributed by atoms with Crippen LogP contribution in [0, 0.1) is 13.8 Å². The molecular formula is C14H16N6O. The van der Waals surface area contributed by atoms with Gasteiger partial charge in [0.2, 0.25) is 5.89 Å². The molecule has 0 aliphatic carbocycles. The maximum atomic E-state index is 4.98. The van der Waals surface area contributed by atoms with E-state index >= 15 is 0 Å². The Morgan fingerprint density at radius 2 is 2.05 bits per heavy atom. The molecule has 3 rings (SSSR count). The molecule has 0 fully saturated rings. The molecule has 0 aliphatic rings. The molecule has 3 aromatic rings. The van der Waals surface area contributed by atoms with Crippen molar-refractivity contribution in [3.8, 4) is 0 Å². The van der Waals surface area contributed by atoms with Crippen molar-refractivity contribution in [2.45, 2.75) is 20.3 Å². The number of likely N-dealkylation sites (N-methyl/N-ethyl adjacent to an activating group) is 1. The van der Waals surface area contributed by atoms with Crippen LogP contribution in [0.25, 0.3) is 11.0 Å². The predicted octanol–water partition coefficient (Wildman–Crippen LogP) is 1.70. The third kappa shape index (κ3) is 2.81. The van der Waals surface area contributed by atoms with Crippen LogP contribution in [0.1, 0.15) is 17.5 Å². The lowest BCUT2D eigenvalue weighted by molar-refractivity contribution is 0.387. The zero-order valence-corrected chi connectivity index (χ0v) is 12.2. The van der Waals surface area contributed by atoms with E-state index in [1.54, 1.807) is 13.1 Å². The van der Waals surface area contributed by atoms with Gasteiger partial charge in [0.25, 0.3) is 0 Å². The molecule has 108 valence electrons. The first kappa shape index (κ1) is 13.4. The summed E-state index contributed by atoms with van der Waals surface area (Å²) in [5.41, 5.74) is 0.710. The van der Waals surface area contributed by atoms with Crippen molar-refractivity contribution in [3.05, 3.63) is 35.9 Å². The predicted molar refractivity (Wildman–Crippen MR) is 78.1 cm³/mol. The van der Waals surface area contributed by atoms with Crippen LogP contribution in [0.3, 0.4) is 0 Å². The molecule has 21 heavy (non-hydrogen) atoms. The van der Waals surface area contributed by atoms with E-state index in [0.29, 0.717) is 29.6 Å². The first-order chi connectivity index (χ1) is 10.1. The Bertz CT molecular complexity index is 769. The first-order valence-corrected chi connectivity index (χ1v) is 6.73. The third-order valence-electron chi connectivity index (χ3n) is 3.17. The summed E-state index contributed by atoms with van der Waals surface area (Å²) in [4.78, 5) is 19.4. The van der Waals surface area contributed by atoms with Gasteiger partial charge in [0.1, 0.15) is 11.6 Å². The molecule has 0 saturated heterocycles. The van der Waals surface area contributed by atoms with Crippen molar-refractivity contribution in [1.29, 1.82) is 0 Å². The summed E-state index contributed by atoms with van der Waals surface area (Å²) in [5.74, 6) is 2.86. The number of aryl methyl sites for hydroxylation is 2. The van der Waals surface area contributed by atoms with Crippen molar-refractivity contribution < 1.29 is 4.52 Å². The largest absolute Gasteiger partial charge is 0.359 e. The van der Waals surface area contributed by atoms with E-state index in [-0.39, 0.29) is 0 Å². The second-order valence-corrected chi connectivity index (χ2v) is 4.87. The molecule has 0 N–H and O–H groups in total. The van der Waals surface area contributed by atoms with Crippen LogP contribution in [0.2, 0.25) is 0 Å². The van der Waals surface area contributed by atoms with E-state index in [1.165, 1.54) is 0 Å². The quantitative estimate of drug-likeness (QED) is 0.721. The average Bonchev–Trinajstić information content (AvgIpc) is 2.89. The molecule has 0 amide bonds. The summed E-state index contributed by atoms with van der Waals surface area (Å²) in [5, 5.41) is 4.84. The third-order valence-corrected chi connectivity index (χ3v) is 3.17. The van der Waals surface area contributed by atoms with Crippen LogP contribution in [0.4, 0.5) is 5.82 Å². The minimum absolute atomic E-state index is 0.584. The molecule has 3 heterocycles. The van der Waals surface area contributed by atoms with E-state index in [4.69, 9.17) is 4.52 Å². The van der Waals surface area contributed by atoms with Crippen molar-refractivity contribution in [1.82, 2.24) is 25.1 Å². The van der Waals surface area contributed by atoms with E-state index in [1.807, 2.05) is 26.1 Å². The summed E-state index contributed by atoms with van der Waals surface area (Å²) >= 11 is 0. The van der Waals surface area contributed by atoms with Gasteiger partial charge < -0.3 is 9.42 Å². The van der Waals surface area contributed by atoms with E-state index in [9.17, 15) is 0 Å². The Morgan fingerprint density at radius 1 is 1.19 bits per heavy atom. The molecule has 0 radical (unpaired) electrons. The second-order valence-electron chi connectivity index (χ2n) is 4.87. The summed E-state index contributed by atoms with van der Waals surface area (Å²) < 4.78 is 4.98. The molecule has 0 unspecified atom stereocenters. The van der Waals surface area contributed by atoms with Crippen molar-refractivity contribution in [2.75, 3.05) is 18.5 Å². The fourth-order valence-electron chi connectivity index (χ4n) is 2.16. The van der Waals surface area contributed by atoms with Gasteiger partial charge in [-0.2, -0.15) is 4.98 Å². The second kappa shape index (κ2) is 5.43. The van der Waals surface area contributed by atoms with E-state index < -0.39 is 0 Å². The standard InChI is InChI=1S/C14H16N6O/c1-9-16-13-11(5-4-7-15-13)14(17-9)20(3)8-6-12-18-10(2)21-19-12/h4-5,7H,6,8H2,1-3H3. The van der Waals surface area contributed by atoms with Gasteiger partial charge in [0.05, 0.1) is 5.39 Å². The fraction of sp³-hybridized carbons (Fsp3) is 0.357. The number of nitrogens with zero attached hydrogens (tertiary/aromatic N) is 6. The number of rotatable bonds is 4. The average molecular weight is 284 g/mol. The summed E-state index contributed by atoms with van der Waals surface area (Å²) in [6.45, 7) is 4.39. The highest BCUT2D eigenvalue weighted by atomic mass is 16.5. The molecule has 0 bridgehead atoms. The Labute approximate surface area is 122 Å². The molecular weight excluding hydrogens is 268 g/mol. The van der Waals surface area contributed by atoms with Crippen LogP contribution in [-0.2, 0) is 6.42 Å². The summed E-state index contributed by atoms with van der Waals surface area (Å²) in [6.07, 6.45) is 2.43. The molecule has 0 spiro atoms. The lowest BCUT2D eigenvalue weighted by Crippen LogP contribution is -2.22. The van der Waals surface area contributed by atoms with Gasteiger partial charge in [-0.05, 0) is 19.1 Å². The SMILES string of the molecule is Cc1nc(N(C)CCc2noc(C)n2)c2cccnc2n1. The minimum Gasteiger partial charge on any atom is -0.359 e. The highest BCUT2D eigenvalue weighted by Crippen LogP contribution is 2.21. The normalized spacial score (nSPS) is 11.0. The number of aromatic nitrogens is 5. The summed E-state index contributed by atoms with van der Waals surface area (Å²) in [7, 11) is 1.99. The number of fused-ring (bicyclic) bond motifs is 1. The number of anilines is 1. The van der Waals surface area contributed by atoms with Gasteiger partial charge in [-0.25, -0.2) is 15.0 Å². The zero-order chi connectivity index (χ0) is 14.8. The minimum atomic E-state index is 0.584. The van der Waals surface area contributed by atoms with Crippen LogP contribution < -0.4 is 4.90 Å². The molecule has 0 aromatic carbocycles. The number of hydrogen-bond acceptors (Lipinski definition) is 7. The highest BCUT2D eigenvalue weighted by Gasteiger charge is 2.12. The molecule has 0 aliphatic heterocycles. The fourth-order valence-corrected chi connectivity index (χ4v) is 2.16. The number of pyridine rings is 1. The molecule has 7 nitrogen and oxygen atoms in total. The Kier molecular flexibility index (Phi) is 3.47. The van der Waals surface area contributed by atoms with Crippen molar-refractivity contribution in [2.24, 2.45) is 0 Å². The van der Waals surface area contributed by atoms with Gasteiger partial charge in [-0.3, -0.25) is 0 Å². The van der Waals surface area contributed by atoms with Gasteiger partial charge in [-0.1, -0.05) is 5.16 Å². The molecule has 0 saturated carbocycles. The Morgan fingerprint density at radius 3 is 2.81 bits per heavy atom. The molecule has 3 aromatic heterocycles. The number of hydrogen-bond donors (Lipinski definition) is 0. The Hall–Kier alpha value is -2.57. The smallest absolute Gasteiger partial charge is 0.223 e. The van der Waals surface area contributed by atoms with Crippen molar-refractivity contribution >= 4 is 16.9 Å².